The molecule has 0 aromatic rings. The number of hydrogen-bond acceptors (Lipinski definition) is 2. The molecular weight excluding hydrogens is 326 g/mol. The molecule has 0 aliphatic carbocycles. The van der Waals surface area contributed by atoms with Crippen molar-refractivity contribution in [2.24, 2.45) is 0 Å². The molecule has 0 fully saturated rings. The van der Waals surface area contributed by atoms with E-state index in [2.05, 4.69) is 0 Å². The van der Waals surface area contributed by atoms with Crippen LogP contribution in [0.5, 0.6) is 0 Å². The molecular formula is F6KO2Si5+. The summed E-state index contributed by atoms with van der Waals surface area (Å²) < 4.78 is 90.0. The Kier molecular flexibility index (Phi) is 8.60. The maximum absolute atomic E-state index is 11.6. The summed E-state index contributed by atoms with van der Waals surface area (Å²) in [6, 6.07) is 0. The molecule has 0 spiro atoms. The molecule has 74 valence electrons. The van der Waals surface area contributed by atoms with Crippen molar-refractivity contribution >= 4 is 41.2 Å². The molecule has 0 aliphatic rings. The first-order chi connectivity index (χ1) is 5.55. The van der Waals surface area contributed by atoms with Gasteiger partial charge in [0.05, 0.1) is 0 Å². The van der Waals surface area contributed by atoms with E-state index in [0.717, 1.165) is 0 Å². The Morgan fingerprint density at radius 1 is 0.786 bits per heavy atom. The largest absolute Gasteiger partial charge is 1.00 e. The fraction of sp³-hybridized carbons (Fsp3) is 0. The molecule has 2 nitrogen and oxygen atoms in total. The van der Waals surface area contributed by atoms with Gasteiger partial charge in [-0.15, -0.1) is 0 Å². The quantitative estimate of drug-likeness (QED) is 0.322. The van der Waals surface area contributed by atoms with Crippen molar-refractivity contribution in [2.45, 2.75) is 0 Å². The van der Waals surface area contributed by atoms with Crippen LogP contribution in [0.1, 0.15) is 0 Å². The molecule has 0 N–H and O–H groups in total. The van der Waals surface area contributed by atoms with Gasteiger partial charge in [0.15, 0.2) is 8.55 Å². The molecule has 2 radical (unpaired) electrons. The molecule has 0 aromatic carbocycles. The third-order valence-electron chi connectivity index (χ3n) is 0.742. The third-order valence-corrected chi connectivity index (χ3v) is 22.6. The first-order valence-corrected chi connectivity index (χ1v) is 13.6. The summed E-state index contributed by atoms with van der Waals surface area (Å²) in [5.41, 5.74) is 0. The van der Waals surface area contributed by atoms with Crippen LogP contribution in [0.4, 0.5) is 24.6 Å². The minimum Gasteiger partial charge on any atom is -0.387 e. The summed E-state index contributed by atoms with van der Waals surface area (Å²) in [5, 5.41) is 0. The van der Waals surface area contributed by atoms with Gasteiger partial charge >= 0.3 is 84.0 Å². The Morgan fingerprint density at radius 3 is 1.14 bits per heavy atom. The van der Waals surface area contributed by atoms with Crippen molar-refractivity contribution in [3.05, 3.63) is 0 Å². The fourth-order valence-corrected chi connectivity index (χ4v) is 23.8. The average molecular weight is 326 g/mol. The first kappa shape index (κ1) is 18.3. The number of halogens is 6. The van der Waals surface area contributed by atoms with Crippen molar-refractivity contribution in [3.8, 4) is 0 Å². The molecule has 0 saturated carbocycles. The average Bonchev–Trinajstić information content (AvgIpc) is 1.82. The van der Waals surface area contributed by atoms with E-state index in [1.54, 1.807) is 0 Å². The second-order valence-electron chi connectivity index (χ2n) is 1.78. The molecule has 0 aromatic heterocycles. The molecule has 0 heterocycles. The number of rotatable bonds is 4. The molecule has 14 heavy (non-hydrogen) atoms. The van der Waals surface area contributed by atoms with Crippen LogP contribution in [0.2, 0.25) is 0 Å². The second-order valence-corrected chi connectivity index (χ2v) is 20.2. The van der Waals surface area contributed by atoms with Crippen molar-refractivity contribution < 1.29 is 85.0 Å². The monoisotopic (exact) mass is 325 g/mol. The Hall–Kier alpha value is 1.90. The van der Waals surface area contributed by atoms with Gasteiger partial charge in [-0.05, 0) is 0 Å². The van der Waals surface area contributed by atoms with Crippen LogP contribution in [0.15, 0.2) is 0 Å². The zero-order valence-corrected chi connectivity index (χ0v) is 14.7. The minimum atomic E-state index is -6.50. The molecule has 14 heteroatoms. The van der Waals surface area contributed by atoms with Gasteiger partial charge in [-0.2, -0.15) is 0 Å². The normalized spacial score (nSPS) is 11.9. The molecule has 0 atom stereocenters. The first-order valence-electron chi connectivity index (χ1n) is 2.54. The van der Waals surface area contributed by atoms with Crippen molar-refractivity contribution in [1.82, 2.24) is 0 Å². The molecule has 0 aliphatic heterocycles. The molecule has 0 bridgehead atoms. The van der Waals surface area contributed by atoms with Gasteiger partial charge in [-0.3, -0.25) is 0 Å². The molecule has 0 rings (SSSR count). The van der Waals surface area contributed by atoms with E-state index in [9.17, 15) is 33.6 Å². The van der Waals surface area contributed by atoms with Gasteiger partial charge in [-0.25, -0.2) is 24.6 Å². The maximum Gasteiger partial charge on any atom is 1.00 e. The van der Waals surface area contributed by atoms with Gasteiger partial charge in [0.25, 0.3) is 0 Å². The predicted octanol–water partition coefficient (Wildman–Crippen LogP) is -2.62. The minimum absolute atomic E-state index is 0. The van der Waals surface area contributed by atoms with E-state index < -0.39 is 41.2 Å². The van der Waals surface area contributed by atoms with E-state index in [-0.39, 0.29) is 51.4 Å². The summed E-state index contributed by atoms with van der Waals surface area (Å²) in [4.78, 5) is 0. The van der Waals surface area contributed by atoms with Crippen LogP contribution in [0.25, 0.3) is 0 Å². The van der Waals surface area contributed by atoms with Gasteiger partial charge < -0.3 is 8.92 Å². The predicted molar refractivity (Wildman–Crippen MR) is 36.8 cm³/mol. The Morgan fingerprint density at radius 2 is 1.00 bits per heavy atom. The summed E-state index contributed by atoms with van der Waals surface area (Å²) in [6.07, 6.45) is 0. The van der Waals surface area contributed by atoms with E-state index >= 15 is 0 Å². The van der Waals surface area contributed by atoms with Gasteiger partial charge in [0.1, 0.15) is 0 Å². The van der Waals surface area contributed by atoms with Crippen LogP contribution < -0.4 is 51.4 Å². The summed E-state index contributed by atoms with van der Waals surface area (Å²) in [6.45, 7) is 0. The SMILES string of the molecule is O=[Si]([Si][Si](=O)[Si](F)(F)F)[Si](F)(F)F.[K+]. The van der Waals surface area contributed by atoms with Crippen molar-refractivity contribution in [2.75, 3.05) is 0 Å². The topological polar surface area (TPSA) is 34.1 Å². The third kappa shape index (κ3) is 7.22. The summed E-state index contributed by atoms with van der Waals surface area (Å²) in [7, 11) is -23.4. The van der Waals surface area contributed by atoms with Gasteiger partial charge in [-0.1, -0.05) is 0 Å². The maximum atomic E-state index is 11.6. The molecule has 0 saturated heterocycles. The number of hydrogen-bond donors (Lipinski definition) is 0. The van der Waals surface area contributed by atoms with Gasteiger partial charge in [0, 0.05) is 0 Å². The van der Waals surface area contributed by atoms with E-state index in [4.69, 9.17) is 0 Å². The van der Waals surface area contributed by atoms with Crippen molar-refractivity contribution in [3.63, 3.8) is 0 Å². The standard InChI is InChI=1S/F6O2Si5.K/c1-12(2,3)10(7)9-11(8)13(4,5)6;/q;+1. The summed E-state index contributed by atoms with van der Waals surface area (Å²) >= 11 is 0. The van der Waals surface area contributed by atoms with Crippen LogP contribution >= 0.6 is 0 Å². The van der Waals surface area contributed by atoms with Crippen LogP contribution in [0.3, 0.4) is 0 Å². The zero-order valence-electron chi connectivity index (χ0n) is 6.58. The molecule has 0 amide bonds. The smallest absolute Gasteiger partial charge is 0.387 e. The molecule has 0 unspecified atom stereocenters. The van der Waals surface area contributed by atoms with E-state index in [1.807, 2.05) is 0 Å². The van der Waals surface area contributed by atoms with E-state index in [1.165, 1.54) is 0 Å². The zero-order chi connectivity index (χ0) is 10.9. The summed E-state index contributed by atoms with van der Waals surface area (Å²) in [5.74, 6) is 0. The van der Waals surface area contributed by atoms with Crippen molar-refractivity contribution in [1.29, 1.82) is 0 Å². The van der Waals surface area contributed by atoms with Crippen LogP contribution in [-0.2, 0) is 8.92 Å². The van der Waals surface area contributed by atoms with Crippen LogP contribution in [0, 0.1) is 0 Å². The Balaban J connectivity index is 0. The van der Waals surface area contributed by atoms with Crippen LogP contribution in [-0.4, -0.2) is 41.2 Å². The second kappa shape index (κ2) is 6.59. The van der Waals surface area contributed by atoms with E-state index in [0.29, 0.717) is 0 Å². The Labute approximate surface area is 124 Å². The fourth-order valence-electron chi connectivity index (χ4n) is 0.245. The van der Waals surface area contributed by atoms with Gasteiger partial charge in [0.2, 0.25) is 0 Å². The Bertz CT molecular complexity index is 205.